The highest BCUT2D eigenvalue weighted by atomic mass is 16.5. The molecule has 0 aliphatic carbocycles. The number of nitrogens with one attached hydrogen (secondary N) is 1. The van der Waals surface area contributed by atoms with Crippen LogP contribution in [-0.2, 0) is 11.3 Å². The van der Waals surface area contributed by atoms with Gasteiger partial charge in [0.25, 0.3) is 5.91 Å². The largest absolute Gasteiger partial charge is 0.496 e. The lowest BCUT2D eigenvalue weighted by Crippen LogP contribution is -2.28. The second-order valence-electron chi connectivity index (χ2n) is 4.60. The van der Waals surface area contributed by atoms with Crippen LogP contribution in [0.2, 0.25) is 0 Å². The minimum absolute atomic E-state index is 0.0663. The van der Waals surface area contributed by atoms with Gasteiger partial charge in [0.15, 0.2) is 6.61 Å². The standard InChI is InChI=1S/C17H19NO4/c1-20-14-8-15(21-2)10-16(9-14)22-12-17(19)18-11-13-6-4-3-5-7-13/h3-10H,11-12H2,1-2H3,(H,18,19). The molecule has 5 heteroatoms. The zero-order valence-corrected chi connectivity index (χ0v) is 12.7. The van der Waals surface area contributed by atoms with Gasteiger partial charge in [0.05, 0.1) is 14.2 Å². The van der Waals surface area contributed by atoms with Gasteiger partial charge in [-0.05, 0) is 5.56 Å². The number of amides is 1. The monoisotopic (exact) mass is 301 g/mol. The third-order valence-corrected chi connectivity index (χ3v) is 3.03. The van der Waals surface area contributed by atoms with Crippen molar-refractivity contribution in [2.45, 2.75) is 6.54 Å². The van der Waals surface area contributed by atoms with Crippen molar-refractivity contribution in [2.24, 2.45) is 0 Å². The Hall–Kier alpha value is -2.69. The second-order valence-corrected chi connectivity index (χ2v) is 4.60. The molecule has 0 heterocycles. The Morgan fingerprint density at radius 1 is 0.955 bits per heavy atom. The van der Waals surface area contributed by atoms with Crippen molar-refractivity contribution in [2.75, 3.05) is 20.8 Å². The van der Waals surface area contributed by atoms with Crippen LogP contribution in [0.1, 0.15) is 5.56 Å². The van der Waals surface area contributed by atoms with Gasteiger partial charge >= 0.3 is 0 Å². The molecule has 0 saturated carbocycles. The van der Waals surface area contributed by atoms with E-state index in [1.54, 1.807) is 32.4 Å². The molecule has 0 aromatic heterocycles. The second kappa shape index (κ2) is 7.93. The molecule has 0 bridgehead atoms. The molecule has 2 aromatic rings. The summed E-state index contributed by atoms with van der Waals surface area (Å²) >= 11 is 0. The molecule has 0 atom stereocenters. The average molecular weight is 301 g/mol. The Bertz CT molecular complexity index is 591. The summed E-state index contributed by atoms with van der Waals surface area (Å²) in [6.07, 6.45) is 0. The summed E-state index contributed by atoms with van der Waals surface area (Å²) in [6.45, 7) is 0.410. The zero-order chi connectivity index (χ0) is 15.8. The summed E-state index contributed by atoms with van der Waals surface area (Å²) in [5, 5.41) is 2.80. The Labute approximate surface area is 129 Å². The SMILES string of the molecule is COc1cc(OC)cc(OCC(=O)NCc2ccccc2)c1. The molecule has 0 fully saturated rings. The van der Waals surface area contributed by atoms with Crippen molar-refractivity contribution in [1.29, 1.82) is 0 Å². The molecule has 22 heavy (non-hydrogen) atoms. The minimum Gasteiger partial charge on any atom is -0.496 e. The van der Waals surface area contributed by atoms with Gasteiger partial charge in [-0.2, -0.15) is 0 Å². The first-order chi connectivity index (χ1) is 10.7. The number of ether oxygens (including phenoxy) is 3. The van der Waals surface area contributed by atoms with E-state index in [4.69, 9.17) is 14.2 Å². The fraction of sp³-hybridized carbons (Fsp3) is 0.235. The Balaban J connectivity index is 1.85. The van der Waals surface area contributed by atoms with Crippen molar-refractivity contribution in [3.8, 4) is 17.2 Å². The number of methoxy groups -OCH3 is 2. The van der Waals surface area contributed by atoms with E-state index in [9.17, 15) is 4.79 Å². The van der Waals surface area contributed by atoms with Crippen LogP contribution < -0.4 is 19.5 Å². The van der Waals surface area contributed by atoms with Crippen molar-refractivity contribution in [3.63, 3.8) is 0 Å². The molecule has 0 saturated heterocycles. The zero-order valence-electron chi connectivity index (χ0n) is 12.7. The third-order valence-electron chi connectivity index (χ3n) is 3.03. The van der Waals surface area contributed by atoms with E-state index >= 15 is 0 Å². The smallest absolute Gasteiger partial charge is 0.258 e. The number of carbonyl (C=O) groups is 1. The van der Waals surface area contributed by atoms with Crippen LogP contribution in [0, 0.1) is 0 Å². The lowest BCUT2D eigenvalue weighted by atomic mass is 10.2. The molecular weight excluding hydrogens is 282 g/mol. The third kappa shape index (κ3) is 4.70. The molecule has 1 N–H and O–H groups in total. The lowest BCUT2D eigenvalue weighted by Gasteiger charge is -2.10. The van der Waals surface area contributed by atoms with Gasteiger partial charge in [0.1, 0.15) is 17.2 Å². The summed E-state index contributed by atoms with van der Waals surface area (Å²) in [4.78, 5) is 11.8. The van der Waals surface area contributed by atoms with Crippen molar-refractivity contribution >= 4 is 5.91 Å². The Morgan fingerprint density at radius 3 is 2.14 bits per heavy atom. The van der Waals surface area contributed by atoms with Crippen LogP contribution in [0.5, 0.6) is 17.2 Å². The lowest BCUT2D eigenvalue weighted by molar-refractivity contribution is -0.123. The number of hydrogen-bond acceptors (Lipinski definition) is 4. The molecule has 2 aromatic carbocycles. The van der Waals surface area contributed by atoms with Crippen molar-refractivity contribution in [1.82, 2.24) is 5.32 Å². The van der Waals surface area contributed by atoms with Gasteiger partial charge in [-0.15, -0.1) is 0 Å². The molecule has 0 radical (unpaired) electrons. The van der Waals surface area contributed by atoms with E-state index in [1.165, 1.54) is 0 Å². The summed E-state index contributed by atoms with van der Waals surface area (Å²) < 4.78 is 15.8. The first kappa shape index (κ1) is 15.7. The first-order valence-corrected chi connectivity index (χ1v) is 6.88. The van der Waals surface area contributed by atoms with Gasteiger partial charge in [-0.3, -0.25) is 4.79 Å². The normalized spacial score (nSPS) is 9.91. The Kier molecular flexibility index (Phi) is 5.65. The summed E-state index contributed by atoms with van der Waals surface area (Å²) in [7, 11) is 3.12. The maximum Gasteiger partial charge on any atom is 0.258 e. The quantitative estimate of drug-likeness (QED) is 0.853. The molecule has 116 valence electrons. The highest BCUT2D eigenvalue weighted by molar-refractivity contribution is 5.77. The predicted octanol–water partition coefficient (Wildman–Crippen LogP) is 2.40. The number of carbonyl (C=O) groups excluding carboxylic acids is 1. The molecule has 0 aliphatic heterocycles. The first-order valence-electron chi connectivity index (χ1n) is 6.88. The average Bonchev–Trinajstić information content (AvgIpc) is 2.58. The van der Waals surface area contributed by atoms with E-state index in [0.29, 0.717) is 23.8 Å². The van der Waals surface area contributed by atoms with E-state index < -0.39 is 0 Å². The minimum atomic E-state index is -0.189. The van der Waals surface area contributed by atoms with Crippen LogP contribution in [0.3, 0.4) is 0 Å². The van der Waals surface area contributed by atoms with E-state index in [2.05, 4.69) is 5.32 Å². The number of benzene rings is 2. The van der Waals surface area contributed by atoms with E-state index in [0.717, 1.165) is 5.56 Å². The maximum atomic E-state index is 11.8. The van der Waals surface area contributed by atoms with Gasteiger partial charge < -0.3 is 19.5 Å². The van der Waals surface area contributed by atoms with Crippen LogP contribution >= 0.6 is 0 Å². The molecule has 1 amide bonds. The predicted molar refractivity (Wildman–Crippen MR) is 83.3 cm³/mol. The van der Waals surface area contributed by atoms with E-state index in [1.807, 2.05) is 30.3 Å². The summed E-state index contributed by atoms with van der Waals surface area (Å²) in [5.74, 6) is 1.55. The van der Waals surface area contributed by atoms with E-state index in [-0.39, 0.29) is 12.5 Å². The number of hydrogen-bond donors (Lipinski definition) is 1. The molecule has 5 nitrogen and oxygen atoms in total. The fourth-order valence-corrected chi connectivity index (χ4v) is 1.86. The van der Waals surface area contributed by atoms with Gasteiger partial charge in [-0.25, -0.2) is 0 Å². The Morgan fingerprint density at radius 2 is 1.55 bits per heavy atom. The van der Waals surface area contributed by atoms with Crippen LogP contribution in [0.15, 0.2) is 48.5 Å². The van der Waals surface area contributed by atoms with Gasteiger partial charge in [0.2, 0.25) is 0 Å². The maximum absolute atomic E-state index is 11.8. The topological polar surface area (TPSA) is 56.8 Å². The van der Waals surface area contributed by atoms with Crippen molar-refractivity contribution in [3.05, 3.63) is 54.1 Å². The van der Waals surface area contributed by atoms with Gasteiger partial charge in [0, 0.05) is 24.7 Å². The summed E-state index contributed by atoms with van der Waals surface area (Å²) in [6, 6.07) is 14.8. The fourth-order valence-electron chi connectivity index (χ4n) is 1.86. The number of rotatable bonds is 7. The molecular formula is C17H19NO4. The highest BCUT2D eigenvalue weighted by Crippen LogP contribution is 2.27. The molecule has 0 spiro atoms. The van der Waals surface area contributed by atoms with Crippen LogP contribution in [0.4, 0.5) is 0 Å². The molecule has 2 rings (SSSR count). The van der Waals surface area contributed by atoms with Crippen LogP contribution in [0.25, 0.3) is 0 Å². The van der Waals surface area contributed by atoms with Crippen molar-refractivity contribution < 1.29 is 19.0 Å². The van der Waals surface area contributed by atoms with Gasteiger partial charge in [-0.1, -0.05) is 30.3 Å². The highest BCUT2D eigenvalue weighted by Gasteiger charge is 2.06. The molecule has 0 aliphatic rings. The summed E-state index contributed by atoms with van der Waals surface area (Å²) in [5.41, 5.74) is 1.04. The van der Waals surface area contributed by atoms with Crippen LogP contribution in [-0.4, -0.2) is 26.7 Å². The molecule has 0 unspecified atom stereocenters.